The van der Waals surface area contributed by atoms with E-state index in [1.54, 1.807) is 0 Å². The Morgan fingerprint density at radius 1 is 0.562 bits per heavy atom. The summed E-state index contributed by atoms with van der Waals surface area (Å²) in [6.45, 7) is 4.57. The molecule has 0 atom stereocenters. The van der Waals surface area contributed by atoms with Gasteiger partial charge in [-0.1, -0.05) is 148 Å². The summed E-state index contributed by atoms with van der Waals surface area (Å²) in [6, 6.07) is 0. The zero-order valence-corrected chi connectivity index (χ0v) is 25.6. The Morgan fingerprint density at radius 3 is 1.44 bits per heavy atom. The van der Waals surface area contributed by atoms with Gasteiger partial charge in [0.2, 0.25) is 0 Å². The summed E-state index contributed by atoms with van der Waals surface area (Å²) in [4.78, 5) is 11.7. The SMILES string of the molecule is CCCCCCCCSC1=C(SCCCCCCCC)SC(=C2Sc3sc(=O)sc3S2)S1. The Labute approximate surface area is 228 Å². The summed E-state index contributed by atoms with van der Waals surface area (Å²) in [5, 5.41) is 0. The zero-order valence-electron chi connectivity index (χ0n) is 19.1. The van der Waals surface area contributed by atoms with Crippen LogP contribution in [0.15, 0.2) is 30.2 Å². The molecule has 180 valence electrons. The Kier molecular flexibility index (Phi) is 14.2. The van der Waals surface area contributed by atoms with Gasteiger partial charge in [0.05, 0.1) is 25.4 Å². The van der Waals surface area contributed by atoms with Crippen molar-refractivity contribution in [2.24, 2.45) is 0 Å². The largest absolute Gasteiger partial charge is 0.289 e. The van der Waals surface area contributed by atoms with E-state index in [-0.39, 0.29) is 4.06 Å². The van der Waals surface area contributed by atoms with Crippen LogP contribution in [0.5, 0.6) is 0 Å². The van der Waals surface area contributed by atoms with Gasteiger partial charge in [0.15, 0.2) is 0 Å². The second-order valence-corrected chi connectivity index (χ2v) is 17.9. The molecule has 32 heavy (non-hydrogen) atoms. The lowest BCUT2D eigenvalue weighted by Crippen LogP contribution is -1.84. The van der Waals surface area contributed by atoms with Crippen molar-refractivity contribution < 1.29 is 0 Å². The summed E-state index contributed by atoms with van der Waals surface area (Å²) < 4.78 is 8.56. The highest BCUT2D eigenvalue weighted by molar-refractivity contribution is 8.42. The monoisotopic (exact) mass is 582 g/mol. The third kappa shape index (κ3) is 9.47. The predicted octanol–water partition coefficient (Wildman–Crippen LogP) is 11.3. The molecule has 9 heteroatoms. The summed E-state index contributed by atoms with van der Waals surface area (Å²) in [5.74, 6) is 2.49. The van der Waals surface area contributed by atoms with Gasteiger partial charge in [0.1, 0.15) is 0 Å². The molecular weight excluding hydrogens is 549 g/mol. The minimum atomic E-state index is 0.231. The lowest BCUT2D eigenvalue weighted by molar-refractivity contribution is 0.627. The highest BCUT2D eigenvalue weighted by atomic mass is 32.3. The van der Waals surface area contributed by atoms with Crippen LogP contribution in [0.3, 0.4) is 0 Å². The minimum Gasteiger partial charge on any atom is -0.265 e. The number of unbranched alkanes of at least 4 members (excludes halogenated alkanes) is 10. The van der Waals surface area contributed by atoms with Gasteiger partial charge in [-0.25, -0.2) is 0 Å². The first kappa shape index (κ1) is 28.0. The molecule has 1 nitrogen and oxygen atoms in total. The van der Waals surface area contributed by atoms with E-state index in [1.807, 2.05) is 47.0 Å². The number of rotatable bonds is 16. The molecule has 0 radical (unpaired) electrons. The average Bonchev–Trinajstić information content (AvgIpc) is 3.45. The summed E-state index contributed by atoms with van der Waals surface area (Å²) in [7, 11) is 0. The van der Waals surface area contributed by atoms with Crippen LogP contribution in [0.25, 0.3) is 0 Å². The second-order valence-electron chi connectivity index (χ2n) is 7.82. The van der Waals surface area contributed by atoms with Crippen molar-refractivity contribution in [1.82, 2.24) is 0 Å². The molecule has 0 aromatic carbocycles. The summed E-state index contributed by atoms with van der Waals surface area (Å²) in [5.41, 5.74) is 0. The van der Waals surface area contributed by atoms with Crippen LogP contribution in [0.2, 0.25) is 0 Å². The lowest BCUT2D eigenvalue weighted by atomic mass is 10.1. The van der Waals surface area contributed by atoms with Crippen LogP contribution in [0, 0.1) is 0 Å². The maximum absolute atomic E-state index is 11.7. The number of fused-ring (bicyclic) bond motifs is 1. The van der Waals surface area contributed by atoms with Crippen molar-refractivity contribution in [2.45, 2.75) is 99.3 Å². The van der Waals surface area contributed by atoms with Gasteiger partial charge in [0, 0.05) is 0 Å². The number of hydrogen-bond donors (Lipinski definition) is 0. The maximum Gasteiger partial charge on any atom is 0.289 e. The van der Waals surface area contributed by atoms with E-state index in [9.17, 15) is 4.79 Å². The topological polar surface area (TPSA) is 17.1 Å². The molecule has 0 aliphatic carbocycles. The van der Waals surface area contributed by atoms with Crippen molar-refractivity contribution in [3.63, 3.8) is 0 Å². The third-order valence-electron chi connectivity index (χ3n) is 5.06. The van der Waals surface area contributed by atoms with Crippen LogP contribution in [0.4, 0.5) is 0 Å². The summed E-state index contributed by atoms with van der Waals surface area (Å²) >= 11 is 14.6. The Balaban J connectivity index is 1.49. The molecule has 0 fully saturated rings. The fraction of sp³-hybridized carbons (Fsp3) is 0.696. The highest BCUT2D eigenvalue weighted by Gasteiger charge is 2.30. The zero-order chi connectivity index (χ0) is 22.6. The quantitative estimate of drug-likeness (QED) is 0.178. The van der Waals surface area contributed by atoms with Crippen molar-refractivity contribution in [3.8, 4) is 0 Å². The van der Waals surface area contributed by atoms with Crippen molar-refractivity contribution in [3.05, 3.63) is 25.8 Å². The van der Waals surface area contributed by atoms with Crippen molar-refractivity contribution in [1.29, 1.82) is 0 Å². The van der Waals surface area contributed by atoms with Gasteiger partial charge < -0.3 is 0 Å². The van der Waals surface area contributed by atoms with Crippen LogP contribution < -0.4 is 4.06 Å². The average molecular weight is 583 g/mol. The maximum atomic E-state index is 11.7. The highest BCUT2D eigenvalue weighted by Crippen LogP contribution is 2.65. The molecule has 1 aromatic heterocycles. The molecule has 3 heterocycles. The van der Waals surface area contributed by atoms with Crippen LogP contribution >= 0.6 is 93.2 Å². The van der Waals surface area contributed by atoms with E-state index in [4.69, 9.17) is 0 Å². The van der Waals surface area contributed by atoms with E-state index in [0.717, 1.165) is 0 Å². The fourth-order valence-electron chi connectivity index (χ4n) is 3.28. The van der Waals surface area contributed by atoms with Crippen LogP contribution in [0.1, 0.15) is 90.9 Å². The molecule has 0 amide bonds. The molecule has 0 spiro atoms. The van der Waals surface area contributed by atoms with Gasteiger partial charge in [-0.3, -0.25) is 4.79 Å². The molecule has 0 bridgehead atoms. The molecule has 2 aliphatic rings. The molecule has 3 rings (SSSR count). The van der Waals surface area contributed by atoms with Gasteiger partial charge in [-0.2, -0.15) is 0 Å². The van der Waals surface area contributed by atoms with Crippen molar-refractivity contribution >= 4 is 93.2 Å². The first-order valence-corrected chi connectivity index (χ1v) is 18.7. The van der Waals surface area contributed by atoms with Crippen molar-refractivity contribution in [2.75, 3.05) is 11.5 Å². The normalized spacial score (nSPS) is 15.9. The first-order chi connectivity index (χ1) is 15.7. The molecule has 1 aromatic rings. The van der Waals surface area contributed by atoms with E-state index >= 15 is 0 Å². The van der Waals surface area contributed by atoms with Gasteiger partial charge in [0.25, 0.3) is 4.06 Å². The number of thioether (sulfide) groups is 6. The first-order valence-electron chi connectivity index (χ1n) is 11.8. The number of hydrogen-bond acceptors (Lipinski definition) is 9. The molecule has 0 N–H and O–H groups in total. The molecule has 0 saturated heterocycles. The van der Waals surface area contributed by atoms with Crippen LogP contribution in [-0.4, -0.2) is 11.5 Å². The Bertz CT molecular complexity index is 762. The van der Waals surface area contributed by atoms with Crippen LogP contribution in [-0.2, 0) is 0 Å². The second kappa shape index (κ2) is 16.2. The van der Waals surface area contributed by atoms with Gasteiger partial charge in [-0.15, -0.1) is 23.5 Å². The summed E-state index contributed by atoms with van der Waals surface area (Å²) in [6.07, 6.45) is 16.4. The van der Waals surface area contributed by atoms with E-state index in [0.29, 0.717) is 0 Å². The van der Waals surface area contributed by atoms with E-state index < -0.39 is 0 Å². The molecule has 0 saturated carbocycles. The van der Waals surface area contributed by atoms with Gasteiger partial charge in [-0.05, 0) is 24.3 Å². The fourth-order valence-corrected chi connectivity index (χ4v) is 15.3. The Morgan fingerprint density at radius 2 is 0.969 bits per heavy atom. The predicted molar refractivity (Wildman–Crippen MR) is 161 cm³/mol. The smallest absolute Gasteiger partial charge is 0.265 e. The lowest BCUT2D eigenvalue weighted by Gasteiger charge is -2.05. The Hall–Kier alpha value is 1.43. The molecule has 0 unspecified atom stereocenters. The van der Waals surface area contributed by atoms with E-state index in [1.165, 1.54) is 137 Å². The minimum absolute atomic E-state index is 0.231. The molecule has 2 aliphatic heterocycles. The standard InChI is InChI=1S/C23H34OS8/c1-3-5-7-9-11-13-15-25-17-18(26-16-14-12-10-8-6-4-2)28-19(27-17)20-29-21-22(30-20)32-23(24)31-21/h3-16H2,1-2H3. The van der Waals surface area contributed by atoms with Gasteiger partial charge >= 0.3 is 0 Å². The van der Waals surface area contributed by atoms with E-state index in [2.05, 4.69) is 37.4 Å². The molecular formula is C23H34OS8. The third-order valence-corrected chi connectivity index (χ3v) is 16.5.